The molecule has 0 saturated carbocycles. The summed E-state index contributed by atoms with van der Waals surface area (Å²) >= 11 is 13.7. The number of rotatable bonds is 2. The van der Waals surface area contributed by atoms with Gasteiger partial charge in [-0.1, -0.05) is 23.2 Å². The molecule has 3 rings (SSSR count). The lowest BCUT2D eigenvalue weighted by atomic mass is 10.2. The van der Waals surface area contributed by atoms with Gasteiger partial charge in [-0.15, -0.1) is 11.8 Å². The summed E-state index contributed by atoms with van der Waals surface area (Å²) in [6, 6.07) is 8.83. The molecule has 2 heterocycles. The van der Waals surface area contributed by atoms with Gasteiger partial charge in [0.2, 0.25) is 0 Å². The molecule has 0 radical (unpaired) electrons. The number of urea groups is 1. The second kappa shape index (κ2) is 7.51. The third-order valence-electron chi connectivity index (χ3n) is 3.66. The lowest BCUT2D eigenvalue weighted by Crippen LogP contribution is -2.36. The fraction of sp³-hybridized carbons (Fsp3) is 0.312. The number of carbonyl (C=O) groups excluding carboxylic acids is 1. The van der Waals surface area contributed by atoms with E-state index in [-0.39, 0.29) is 6.03 Å². The number of benzene rings is 1. The van der Waals surface area contributed by atoms with Crippen LogP contribution in [-0.4, -0.2) is 29.8 Å². The third kappa shape index (κ3) is 4.16. The summed E-state index contributed by atoms with van der Waals surface area (Å²) in [6.45, 7) is 1.39. The molecular formula is C16H16Cl2N2O2S. The molecule has 1 fully saturated rings. The number of nitrogens with zero attached hydrogens (tertiary/aromatic N) is 1. The van der Waals surface area contributed by atoms with E-state index in [1.165, 1.54) is 0 Å². The Labute approximate surface area is 149 Å². The van der Waals surface area contributed by atoms with Gasteiger partial charge in [0.05, 0.1) is 21.6 Å². The van der Waals surface area contributed by atoms with Crippen molar-refractivity contribution in [2.24, 2.45) is 0 Å². The van der Waals surface area contributed by atoms with E-state index < -0.39 is 0 Å². The van der Waals surface area contributed by atoms with Crippen LogP contribution in [0.5, 0.6) is 0 Å². The average Bonchev–Trinajstić information content (AvgIpc) is 2.95. The molecule has 0 bridgehead atoms. The molecular weight excluding hydrogens is 355 g/mol. The largest absolute Gasteiger partial charge is 0.468 e. The molecule has 1 saturated heterocycles. The van der Waals surface area contributed by atoms with E-state index in [2.05, 4.69) is 5.32 Å². The van der Waals surface area contributed by atoms with Crippen molar-refractivity contribution in [3.8, 4) is 0 Å². The van der Waals surface area contributed by atoms with Crippen LogP contribution in [0.2, 0.25) is 10.0 Å². The van der Waals surface area contributed by atoms with Gasteiger partial charge in [-0.05, 0) is 36.8 Å². The van der Waals surface area contributed by atoms with Gasteiger partial charge in [0.1, 0.15) is 5.76 Å². The van der Waals surface area contributed by atoms with Gasteiger partial charge in [-0.25, -0.2) is 4.79 Å². The summed E-state index contributed by atoms with van der Waals surface area (Å²) in [5, 5.41) is 4.06. The molecule has 0 aliphatic carbocycles. The molecule has 1 aliphatic heterocycles. The highest BCUT2D eigenvalue weighted by molar-refractivity contribution is 7.99. The molecule has 1 atom stereocenters. The molecule has 2 aromatic rings. The second-order valence-corrected chi connectivity index (χ2v) is 7.33. The van der Waals surface area contributed by atoms with Crippen LogP contribution in [0.4, 0.5) is 10.5 Å². The third-order valence-corrected chi connectivity index (χ3v) is 5.69. The monoisotopic (exact) mass is 370 g/mol. The first-order valence-corrected chi connectivity index (χ1v) is 9.10. The van der Waals surface area contributed by atoms with E-state index in [0.29, 0.717) is 34.1 Å². The van der Waals surface area contributed by atoms with Gasteiger partial charge in [-0.3, -0.25) is 0 Å². The van der Waals surface area contributed by atoms with Crippen LogP contribution in [0.25, 0.3) is 0 Å². The van der Waals surface area contributed by atoms with Crippen LogP contribution in [0.1, 0.15) is 17.4 Å². The van der Waals surface area contributed by atoms with E-state index in [4.69, 9.17) is 27.6 Å². The summed E-state index contributed by atoms with van der Waals surface area (Å²) in [5.41, 5.74) is 0.642. The van der Waals surface area contributed by atoms with Gasteiger partial charge < -0.3 is 14.6 Å². The topological polar surface area (TPSA) is 45.5 Å². The molecule has 4 nitrogen and oxygen atoms in total. The highest BCUT2D eigenvalue weighted by Crippen LogP contribution is 2.34. The smallest absolute Gasteiger partial charge is 0.321 e. The number of anilines is 1. The highest BCUT2D eigenvalue weighted by Gasteiger charge is 2.23. The Morgan fingerprint density at radius 3 is 2.87 bits per heavy atom. The van der Waals surface area contributed by atoms with Crippen LogP contribution < -0.4 is 5.32 Å². The minimum Gasteiger partial charge on any atom is -0.468 e. The summed E-state index contributed by atoms with van der Waals surface area (Å²) < 4.78 is 5.48. The first kappa shape index (κ1) is 16.6. The van der Waals surface area contributed by atoms with Crippen molar-refractivity contribution in [2.75, 3.05) is 24.2 Å². The van der Waals surface area contributed by atoms with Crippen molar-refractivity contribution in [3.05, 3.63) is 52.4 Å². The van der Waals surface area contributed by atoms with E-state index in [1.807, 2.05) is 28.8 Å². The quantitative estimate of drug-likeness (QED) is 0.779. The molecule has 122 valence electrons. The van der Waals surface area contributed by atoms with E-state index in [0.717, 1.165) is 17.9 Å². The number of amides is 2. The number of hydrogen-bond donors (Lipinski definition) is 1. The Balaban J connectivity index is 1.60. The normalized spacial score (nSPS) is 18.5. The maximum Gasteiger partial charge on any atom is 0.321 e. The van der Waals surface area contributed by atoms with Crippen LogP contribution in [0.3, 0.4) is 0 Å². The zero-order valence-electron chi connectivity index (χ0n) is 12.3. The first-order chi connectivity index (χ1) is 11.1. The molecule has 1 aromatic heterocycles. The number of hydrogen-bond acceptors (Lipinski definition) is 3. The molecule has 1 aromatic carbocycles. The van der Waals surface area contributed by atoms with E-state index >= 15 is 0 Å². The number of nitrogens with one attached hydrogen (secondary N) is 1. The van der Waals surface area contributed by atoms with Gasteiger partial charge in [0, 0.05) is 24.5 Å². The van der Waals surface area contributed by atoms with Crippen molar-refractivity contribution in [2.45, 2.75) is 11.7 Å². The van der Waals surface area contributed by atoms with Crippen LogP contribution in [0, 0.1) is 0 Å². The Kier molecular flexibility index (Phi) is 5.41. The highest BCUT2D eigenvalue weighted by atomic mass is 35.5. The van der Waals surface area contributed by atoms with E-state index in [9.17, 15) is 4.79 Å². The van der Waals surface area contributed by atoms with E-state index in [1.54, 1.807) is 24.5 Å². The molecule has 7 heteroatoms. The molecule has 0 spiro atoms. The maximum atomic E-state index is 12.4. The number of carbonyl (C=O) groups is 1. The maximum absolute atomic E-state index is 12.4. The fourth-order valence-electron chi connectivity index (χ4n) is 2.45. The van der Waals surface area contributed by atoms with Gasteiger partial charge in [0.15, 0.2) is 0 Å². The predicted octanol–water partition coefficient (Wildman–Crippen LogP) is 5.30. The van der Waals surface area contributed by atoms with Crippen molar-refractivity contribution in [1.82, 2.24) is 4.90 Å². The second-order valence-electron chi connectivity index (χ2n) is 5.21. The Morgan fingerprint density at radius 1 is 1.26 bits per heavy atom. The molecule has 1 aliphatic rings. The van der Waals surface area contributed by atoms with Crippen LogP contribution in [0.15, 0.2) is 41.0 Å². The van der Waals surface area contributed by atoms with Gasteiger partial charge in [0.25, 0.3) is 0 Å². The van der Waals surface area contributed by atoms with Crippen LogP contribution >= 0.6 is 35.0 Å². The molecule has 1 N–H and O–H groups in total. The van der Waals surface area contributed by atoms with Crippen LogP contribution in [-0.2, 0) is 0 Å². The Hall–Kier alpha value is -1.30. The number of halogens is 2. The first-order valence-electron chi connectivity index (χ1n) is 7.29. The fourth-order valence-corrected chi connectivity index (χ4v) is 3.93. The SMILES string of the molecule is O=C(Nc1ccc(Cl)c(Cl)c1)N1CCSC(c2ccco2)CC1. The zero-order chi connectivity index (χ0) is 16.2. The minimum absolute atomic E-state index is 0.121. The minimum atomic E-state index is -0.121. The lowest BCUT2D eigenvalue weighted by Gasteiger charge is -2.20. The van der Waals surface area contributed by atoms with Crippen molar-refractivity contribution >= 4 is 46.7 Å². The molecule has 23 heavy (non-hydrogen) atoms. The summed E-state index contributed by atoms with van der Waals surface area (Å²) in [4.78, 5) is 14.2. The summed E-state index contributed by atoms with van der Waals surface area (Å²) in [7, 11) is 0. The lowest BCUT2D eigenvalue weighted by molar-refractivity contribution is 0.214. The van der Waals surface area contributed by atoms with Crippen molar-refractivity contribution in [3.63, 3.8) is 0 Å². The van der Waals surface area contributed by atoms with Gasteiger partial charge >= 0.3 is 6.03 Å². The Morgan fingerprint density at radius 2 is 2.13 bits per heavy atom. The predicted molar refractivity (Wildman–Crippen MR) is 95.6 cm³/mol. The molecule has 1 unspecified atom stereocenters. The van der Waals surface area contributed by atoms with Crippen molar-refractivity contribution < 1.29 is 9.21 Å². The van der Waals surface area contributed by atoms with Crippen molar-refractivity contribution in [1.29, 1.82) is 0 Å². The Bertz CT molecular complexity index is 679. The van der Waals surface area contributed by atoms with Gasteiger partial charge in [-0.2, -0.15) is 0 Å². The summed E-state index contributed by atoms with van der Waals surface area (Å²) in [5.74, 6) is 1.85. The average molecular weight is 371 g/mol. The number of furan rings is 1. The summed E-state index contributed by atoms with van der Waals surface area (Å²) in [6.07, 6.45) is 2.56. The number of thioether (sulfide) groups is 1. The zero-order valence-corrected chi connectivity index (χ0v) is 14.6. The standard InChI is InChI=1S/C16H16Cl2N2O2S/c17-12-4-3-11(10-13(12)18)19-16(21)20-6-5-15(23-9-7-20)14-2-1-8-22-14/h1-4,8,10,15H,5-7,9H2,(H,19,21). The molecule has 2 amide bonds.